The molecule has 0 unspecified atom stereocenters. The summed E-state index contributed by atoms with van der Waals surface area (Å²) >= 11 is 0. The maximum absolute atomic E-state index is 13.3. The number of esters is 1. The van der Waals surface area contributed by atoms with Gasteiger partial charge in [0.1, 0.15) is 11.6 Å². The maximum atomic E-state index is 13.3. The Bertz CT molecular complexity index is 448. The topological polar surface area (TPSA) is 78.6 Å². The van der Waals surface area contributed by atoms with Crippen molar-refractivity contribution in [3.8, 4) is 5.75 Å². The molecule has 0 aromatic heterocycles. The lowest BCUT2D eigenvalue weighted by Gasteiger charge is -2.06. The molecule has 1 rings (SSSR count). The Hall–Kier alpha value is -2.11. The molecule has 0 radical (unpaired) electrons. The highest BCUT2D eigenvalue weighted by molar-refractivity contribution is 5.93. The van der Waals surface area contributed by atoms with Crippen molar-refractivity contribution in [3.63, 3.8) is 0 Å². The molecule has 0 saturated carbocycles. The Morgan fingerprint density at radius 3 is 2.67 bits per heavy atom. The van der Waals surface area contributed by atoms with Gasteiger partial charge < -0.3 is 15.2 Å². The third-order valence-electron chi connectivity index (χ3n) is 2.23. The zero-order chi connectivity index (χ0) is 13.5. The van der Waals surface area contributed by atoms with Crippen LogP contribution in [-0.2, 0) is 9.53 Å². The van der Waals surface area contributed by atoms with Crippen LogP contribution < -0.4 is 10.5 Å². The van der Waals surface area contributed by atoms with Crippen LogP contribution in [0.15, 0.2) is 18.2 Å². The Labute approximate surface area is 104 Å². The lowest BCUT2D eigenvalue weighted by molar-refractivity contribution is -0.140. The molecule has 18 heavy (non-hydrogen) atoms. The Morgan fingerprint density at radius 2 is 2.11 bits per heavy atom. The number of hydrogen-bond donors (Lipinski definition) is 1. The summed E-state index contributed by atoms with van der Waals surface area (Å²) in [6.07, 6.45) is 0.699. The van der Waals surface area contributed by atoms with Gasteiger partial charge in [0, 0.05) is 12.5 Å². The van der Waals surface area contributed by atoms with Crippen LogP contribution in [0.4, 0.5) is 4.39 Å². The SMILES string of the molecule is COC(=O)CCCOc1ccc(C(N)=O)c(F)c1. The summed E-state index contributed by atoms with van der Waals surface area (Å²) in [6.45, 7) is 0.254. The molecule has 5 nitrogen and oxygen atoms in total. The highest BCUT2D eigenvalue weighted by atomic mass is 19.1. The van der Waals surface area contributed by atoms with Gasteiger partial charge in [-0.25, -0.2) is 4.39 Å². The third kappa shape index (κ3) is 4.04. The largest absolute Gasteiger partial charge is 0.493 e. The molecule has 0 aliphatic heterocycles. The van der Waals surface area contributed by atoms with E-state index in [9.17, 15) is 14.0 Å². The van der Waals surface area contributed by atoms with E-state index in [1.165, 1.54) is 19.2 Å². The van der Waals surface area contributed by atoms with Gasteiger partial charge in [-0.1, -0.05) is 0 Å². The van der Waals surface area contributed by atoms with E-state index in [0.717, 1.165) is 6.07 Å². The summed E-state index contributed by atoms with van der Waals surface area (Å²) in [4.78, 5) is 21.6. The second-order valence-electron chi connectivity index (χ2n) is 3.53. The minimum absolute atomic E-state index is 0.183. The van der Waals surface area contributed by atoms with Gasteiger partial charge in [-0.15, -0.1) is 0 Å². The molecule has 0 atom stereocenters. The molecule has 0 heterocycles. The van der Waals surface area contributed by atoms with Gasteiger partial charge in [0.2, 0.25) is 0 Å². The van der Waals surface area contributed by atoms with Gasteiger partial charge in [-0.3, -0.25) is 9.59 Å². The number of hydrogen-bond acceptors (Lipinski definition) is 4. The molecule has 0 bridgehead atoms. The van der Waals surface area contributed by atoms with E-state index in [-0.39, 0.29) is 30.3 Å². The van der Waals surface area contributed by atoms with E-state index in [1.807, 2.05) is 0 Å². The van der Waals surface area contributed by atoms with E-state index in [2.05, 4.69) is 4.74 Å². The lowest BCUT2D eigenvalue weighted by atomic mass is 10.2. The molecule has 1 aromatic carbocycles. The first kappa shape index (κ1) is 14.0. The van der Waals surface area contributed by atoms with Crippen LogP contribution in [-0.4, -0.2) is 25.6 Å². The molecule has 0 fully saturated rings. The number of halogens is 1. The quantitative estimate of drug-likeness (QED) is 0.613. The van der Waals surface area contributed by atoms with E-state index in [1.54, 1.807) is 0 Å². The average molecular weight is 255 g/mol. The van der Waals surface area contributed by atoms with Crippen LogP contribution in [0.1, 0.15) is 23.2 Å². The number of rotatable bonds is 6. The minimum Gasteiger partial charge on any atom is -0.493 e. The van der Waals surface area contributed by atoms with Crippen LogP contribution in [0.3, 0.4) is 0 Å². The summed E-state index contributed by atoms with van der Waals surface area (Å²) in [5.41, 5.74) is 4.78. The monoisotopic (exact) mass is 255 g/mol. The molecular weight excluding hydrogens is 241 g/mol. The number of benzene rings is 1. The highest BCUT2D eigenvalue weighted by Gasteiger charge is 2.09. The first-order chi connectivity index (χ1) is 8.54. The molecule has 0 aliphatic rings. The Kier molecular flexibility index (Phi) is 5.10. The molecule has 2 N–H and O–H groups in total. The van der Waals surface area contributed by atoms with Gasteiger partial charge in [0.05, 0.1) is 19.3 Å². The van der Waals surface area contributed by atoms with Crippen LogP contribution in [0.25, 0.3) is 0 Å². The van der Waals surface area contributed by atoms with Crippen molar-refractivity contribution < 1.29 is 23.5 Å². The second-order valence-corrected chi connectivity index (χ2v) is 3.53. The molecule has 1 amide bonds. The number of carbonyl (C=O) groups is 2. The van der Waals surface area contributed by atoms with Gasteiger partial charge >= 0.3 is 5.97 Å². The molecule has 6 heteroatoms. The fraction of sp³-hybridized carbons (Fsp3) is 0.333. The van der Waals surface area contributed by atoms with Crippen molar-refractivity contribution in [1.82, 2.24) is 0 Å². The Balaban J connectivity index is 2.46. The third-order valence-corrected chi connectivity index (χ3v) is 2.23. The fourth-order valence-corrected chi connectivity index (χ4v) is 1.29. The predicted molar refractivity (Wildman–Crippen MR) is 61.7 cm³/mol. The number of primary amides is 1. The standard InChI is InChI=1S/C12H14FNO4/c1-17-11(15)3-2-6-18-8-4-5-9(12(14)16)10(13)7-8/h4-5,7H,2-3,6H2,1H3,(H2,14,16). The first-order valence-electron chi connectivity index (χ1n) is 5.33. The summed E-state index contributed by atoms with van der Waals surface area (Å²) < 4.78 is 23.0. The minimum atomic E-state index is -0.829. The van der Waals surface area contributed by atoms with E-state index in [0.29, 0.717) is 6.42 Å². The van der Waals surface area contributed by atoms with Gasteiger partial charge in [-0.2, -0.15) is 0 Å². The zero-order valence-electron chi connectivity index (χ0n) is 9.94. The van der Waals surface area contributed by atoms with Crippen molar-refractivity contribution in [1.29, 1.82) is 0 Å². The summed E-state index contributed by atoms with van der Waals surface area (Å²) in [5, 5.41) is 0. The highest BCUT2D eigenvalue weighted by Crippen LogP contribution is 2.16. The molecule has 1 aromatic rings. The van der Waals surface area contributed by atoms with Crippen LogP contribution in [0.2, 0.25) is 0 Å². The number of methoxy groups -OCH3 is 1. The maximum Gasteiger partial charge on any atom is 0.305 e. The summed E-state index contributed by atoms with van der Waals surface area (Å²) in [7, 11) is 1.31. The van der Waals surface area contributed by atoms with Crippen molar-refractivity contribution >= 4 is 11.9 Å². The zero-order valence-corrected chi connectivity index (χ0v) is 9.94. The van der Waals surface area contributed by atoms with E-state index in [4.69, 9.17) is 10.5 Å². The number of ether oxygens (including phenoxy) is 2. The molecule has 98 valence electrons. The second kappa shape index (κ2) is 6.58. The van der Waals surface area contributed by atoms with Crippen molar-refractivity contribution in [2.75, 3.05) is 13.7 Å². The number of carbonyl (C=O) groups excluding carboxylic acids is 2. The summed E-state index contributed by atoms with van der Waals surface area (Å²) in [5.74, 6) is -1.60. The lowest BCUT2D eigenvalue weighted by Crippen LogP contribution is -2.13. The van der Waals surface area contributed by atoms with Gasteiger partial charge in [0.15, 0.2) is 0 Å². The van der Waals surface area contributed by atoms with Gasteiger partial charge in [-0.05, 0) is 18.6 Å². The van der Waals surface area contributed by atoms with Crippen molar-refractivity contribution in [3.05, 3.63) is 29.6 Å². The smallest absolute Gasteiger partial charge is 0.305 e. The van der Waals surface area contributed by atoms with E-state index < -0.39 is 11.7 Å². The molecule has 0 saturated heterocycles. The summed E-state index contributed by atoms with van der Waals surface area (Å²) in [6, 6.07) is 3.78. The first-order valence-corrected chi connectivity index (χ1v) is 5.33. The predicted octanol–water partition coefficient (Wildman–Crippen LogP) is 1.26. The van der Waals surface area contributed by atoms with Crippen LogP contribution in [0.5, 0.6) is 5.75 Å². The van der Waals surface area contributed by atoms with Crippen LogP contribution in [0, 0.1) is 5.82 Å². The van der Waals surface area contributed by atoms with Crippen molar-refractivity contribution in [2.45, 2.75) is 12.8 Å². The molecule has 0 spiro atoms. The van der Waals surface area contributed by atoms with Crippen molar-refractivity contribution in [2.24, 2.45) is 5.73 Å². The number of amides is 1. The molecule has 0 aliphatic carbocycles. The Morgan fingerprint density at radius 1 is 1.39 bits per heavy atom. The average Bonchev–Trinajstić information content (AvgIpc) is 2.34. The normalized spacial score (nSPS) is 9.89. The molecular formula is C12H14FNO4. The van der Waals surface area contributed by atoms with Gasteiger partial charge in [0.25, 0.3) is 5.91 Å². The van der Waals surface area contributed by atoms with Crippen LogP contribution >= 0.6 is 0 Å². The number of nitrogens with two attached hydrogens (primary N) is 1. The fourth-order valence-electron chi connectivity index (χ4n) is 1.29. The van der Waals surface area contributed by atoms with E-state index >= 15 is 0 Å².